The van der Waals surface area contributed by atoms with Gasteiger partial charge in [0.1, 0.15) is 6.04 Å². The Labute approximate surface area is 190 Å². The van der Waals surface area contributed by atoms with E-state index in [2.05, 4.69) is 17.2 Å². The minimum Gasteiger partial charge on any atom is -0.480 e. The first-order valence-corrected chi connectivity index (χ1v) is 11.3. The van der Waals surface area contributed by atoms with E-state index in [0.717, 1.165) is 28.6 Å². The van der Waals surface area contributed by atoms with Gasteiger partial charge in [0.15, 0.2) is 5.16 Å². The van der Waals surface area contributed by atoms with Crippen molar-refractivity contribution in [1.29, 1.82) is 0 Å². The first kappa shape index (κ1) is 22.9. The van der Waals surface area contributed by atoms with Crippen molar-refractivity contribution in [3.63, 3.8) is 0 Å². The Morgan fingerprint density at radius 2 is 1.87 bits per heavy atom. The molecule has 8 heteroatoms. The lowest BCUT2D eigenvalue weighted by molar-refractivity contribution is -0.139. The number of amides is 1. The molecule has 3 rings (SSSR count). The van der Waals surface area contributed by atoms with Crippen LogP contribution in [0.3, 0.4) is 0 Å². The highest BCUT2D eigenvalue weighted by Gasteiger charge is 2.24. The molecule has 1 atom stereocenters. The Kier molecular flexibility index (Phi) is 8.14. The minimum absolute atomic E-state index is 0.109. The number of thioether (sulfide) groups is 1. The number of nitrogens with one attached hydrogen (secondary N) is 1. The molecule has 1 aromatic heterocycles. The number of imidazole rings is 1. The van der Waals surface area contributed by atoms with Crippen LogP contribution in [0.1, 0.15) is 35.0 Å². The van der Waals surface area contributed by atoms with E-state index in [1.54, 1.807) is 48.3 Å². The van der Waals surface area contributed by atoms with Crippen molar-refractivity contribution in [3.8, 4) is 0 Å². The number of hydrogen-bond donors (Lipinski definition) is 2. The Bertz CT molecular complexity index is 1040. The number of carboxylic acids is 1. The van der Waals surface area contributed by atoms with E-state index >= 15 is 0 Å². The second kappa shape index (κ2) is 11.0. The number of aromatic nitrogens is 2. The molecule has 0 saturated heterocycles. The van der Waals surface area contributed by atoms with Crippen LogP contribution in [0.4, 0.5) is 0 Å². The van der Waals surface area contributed by atoms with Crippen molar-refractivity contribution in [1.82, 2.24) is 14.9 Å². The number of carbonyl (C=O) groups excluding carboxylic acids is 1. The molecule has 2 aromatic carbocycles. The van der Waals surface area contributed by atoms with Crippen LogP contribution in [-0.2, 0) is 17.8 Å². The van der Waals surface area contributed by atoms with Crippen LogP contribution < -0.4 is 5.32 Å². The quantitative estimate of drug-likeness (QED) is 0.437. The number of carboxylic acid groups (broad SMARTS) is 1. The molecule has 1 heterocycles. The van der Waals surface area contributed by atoms with Gasteiger partial charge in [-0.2, -0.15) is 0 Å². The van der Waals surface area contributed by atoms with Gasteiger partial charge in [-0.05, 0) is 30.2 Å². The van der Waals surface area contributed by atoms with Crippen LogP contribution in [0.25, 0.3) is 0 Å². The molecule has 0 fully saturated rings. The third-order valence-electron chi connectivity index (χ3n) is 4.68. The maximum absolute atomic E-state index is 12.5. The average Bonchev–Trinajstić information content (AvgIpc) is 3.14. The Morgan fingerprint density at radius 1 is 1.16 bits per heavy atom. The predicted molar refractivity (Wildman–Crippen MR) is 123 cm³/mol. The number of hydrogen-bond acceptors (Lipinski definition) is 4. The van der Waals surface area contributed by atoms with Gasteiger partial charge >= 0.3 is 5.97 Å². The molecule has 2 N–H and O–H groups in total. The summed E-state index contributed by atoms with van der Waals surface area (Å²) in [6, 6.07) is 15.0. The van der Waals surface area contributed by atoms with Gasteiger partial charge in [-0.15, -0.1) is 0 Å². The van der Waals surface area contributed by atoms with Gasteiger partial charge in [0.25, 0.3) is 5.91 Å². The van der Waals surface area contributed by atoms with E-state index in [9.17, 15) is 14.7 Å². The van der Waals surface area contributed by atoms with Gasteiger partial charge in [0.05, 0.1) is 6.54 Å². The molecule has 0 aliphatic heterocycles. The predicted octanol–water partition coefficient (Wildman–Crippen LogP) is 4.51. The van der Waals surface area contributed by atoms with Crippen molar-refractivity contribution >= 4 is 35.2 Å². The van der Waals surface area contributed by atoms with Crippen LogP contribution in [0.5, 0.6) is 0 Å². The summed E-state index contributed by atoms with van der Waals surface area (Å²) in [6.45, 7) is 2.56. The van der Waals surface area contributed by atoms with E-state index in [1.807, 2.05) is 28.8 Å². The minimum atomic E-state index is -1.10. The maximum Gasteiger partial charge on any atom is 0.326 e. The van der Waals surface area contributed by atoms with Crippen molar-refractivity contribution in [2.24, 2.45) is 0 Å². The summed E-state index contributed by atoms with van der Waals surface area (Å²) in [5.41, 5.74) is 2.05. The fourth-order valence-corrected chi connectivity index (χ4v) is 4.12. The molecular formula is C23H24ClN3O3S. The summed E-state index contributed by atoms with van der Waals surface area (Å²) in [6.07, 6.45) is 2.78. The molecule has 0 bridgehead atoms. The lowest BCUT2D eigenvalue weighted by Gasteiger charge is -2.17. The third kappa shape index (κ3) is 6.12. The van der Waals surface area contributed by atoms with Crippen molar-refractivity contribution in [2.75, 3.05) is 5.75 Å². The normalized spacial score (nSPS) is 11.8. The molecule has 0 saturated carbocycles. The van der Waals surface area contributed by atoms with E-state index in [0.29, 0.717) is 17.1 Å². The molecule has 162 valence electrons. The summed E-state index contributed by atoms with van der Waals surface area (Å²) < 4.78 is 1.98. The molecule has 0 spiro atoms. The average molecular weight is 458 g/mol. The molecule has 31 heavy (non-hydrogen) atoms. The Balaban J connectivity index is 1.85. The summed E-state index contributed by atoms with van der Waals surface area (Å²) in [4.78, 5) is 28.9. The van der Waals surface area contributed by atoms with Crippen LogP contribution in [0.2, 0.25) is 5.02 Å². The monoisotopic (exact) mass is 457 g/mol. The Morgan fingerprint density at radius 3 is 2.55 bits per heavy atom. The fourth-order valence-electron chi connectivity index (χ4n) is 3.07. The van der Waals surface area contributed by atoms with Gasteiger partial charge in [0.2, 0.25) is 0 Å². The molecule has 6 nitrogen and oxygen atoms in total. The SMILES string of the molecule is CCCSc1ncc(CC(NC(=O)c2ccccc2)C(=O)O)n1Cc1ccccc1Cl. The fraction of sp³-hybridized carbons (Fsp3) is 0.261. The number of nitrogens with zero attached hydrogens (tertiary/aromatic N) is 2. The molecule has 0 radical (unpaired) electrons. The third-order valence-corrected chi connectivity index (χ3v) is 6.24. The molecule has 1 unspecified atom stereocenters. The first-order chi connectivity index (χ1) is 15.0. The van der Waals surface area contributed by atoms with Crippen LogP contribution in [0.15, 0.2) is 66.0 Å². The lowest BCUT2D eigenvalue weighted by atomic mass is 10.1. The van der Waals surface area contributed by atoms with Crippen LogP contribution in [-0.4, -0.2) is 38.3 Å². The zero-order valence-corrected chi connectivity index (χ0v) is 18.7. The van der Waals surface area contributed by atoms with Crippen molar-refractivity contribution in [3.05, 3.63) is 82.6 Å². The molecule has 0 aliphatic rings. The number of benzene rings is 2. The topological polar surface area (TPSA) is 84.2 Å². The zero-order valence-electron chi connectivity index (χ0n) is 17.1. The van der Waals surface area contributed by atoms with Crippen molar-refractivity contribution < 1.29 is 14.7 Å². The van der Waals surface area contributed by atoms with E-state index in [1.165, 1.54) is 0 Å². The summed E-state index contributed by atoms with van der Waals surface area (Å²) in [5, 5.41) is 13.8. The zero-order chi connectivity index (χ0) is 22.2. The largest absolute Gasteiger partial charge is 0.480 e. The summed E-state index contributed by atoms with van der Waals surface area (Å²) in [5.74, 6) is -0.630. The van der Waals surface area contributed by atoms with E-state index in [4.69, 9.17) is 11.6 Å². The molecule has 3 aromatic rings. The van der Waals surface area contributed by atoms with Crippen molar-refractivity contribution in [2.45, 2.75) is 37.5 Å². The summed E-state index contributed by atoms with van der Waals surface area (Å²) in [7, 11) is 0. The van der Waals surface area contributed by atoms with E-state index in [-0.39, 0.29) is 6.42 Å². The second-order valence-electron chi connectivity index (χ2n) is 6.99. The lowest BCUT2D eigenvalue weighted by Crippen LogP contribution is -2.42. The van der Waals surface area contributed by atoms with Gasteiger partial charge in [-0.25, -0.2) is 9.78 Å². The number of halogens is 1. The number of rotatable bonds is 10. The highest BCUT2D eigenvalue weighted by atomic mass is 35.5. The summed E-state index contributed by atoms with van der Waals surface area (Å²) >= 11 is 7.96. The van der Waals surface area contributed by atoms with Gasteiger partial charge in [-0.1, -0.05) is 66.7 Å². The smallest absolute Gasteiger partial charge is 0.326 e. The maximum atomic E-state index is 12.5. The first-order valence-electron chi connectivity index (χ1n) is 9.99. The van der Waals surface area contributed by atoms with E-state index < -0.39 is 17.9 Å². The highest BCUT2D eigenvalue weighted by Crippen LogP contribution is 2.24. The van der Waals surface area contributed by atoms with Gasteiger partial charge < -0.3 is 15.0 Å². The van der Waals surface area contributed by atoms with Gasteiger partial charge in [-0.3, -0.25) is 4.79 Å². The molecule has 0 aliphatic carbocycles. The Hall–Kier alpha value is -2.77. The van der Waals surface area contributed by atoms with Crippen LogP contribution >= 0.6 is 23.4 Å². The number of aliphatic carboxylic acids is 1. The number of carbonyl (C=O) groups is 2. The molecular weight excluding hydrogens is 434 g/mol. The highest BCUT2D eigenvalue weighted by molar-refractivity contribution is 7.99. The molecule has 1 amide bonds. The second-order valence-corrected chi connectivity index (χ2v) is 8.46. The van der Waals surface area contributed by atoms with Crippen LogP contribution in [0, 0.1) is 0 Å². The standard InChI is InChI=1S/C23H24ClN3O3S/c1-2-12-31-23-25-14-18(27(23)15-17-10-6-7-11-19(17)24)13-20(22(29)30)26-21(28)16-8-4-3-5-9-16/h3-11,14,20H,2,12-13,15H2,1H3,(H,26,28)(H,29,30). The van der Waals surface area contributed by atoms with Gasteiger partial charge in [0, 0.05) is 34.7 Å².